The quantitative estimate of drug-likeness (QED) is 0.283. The van der Waals surface area contributed by atoms with Gasteiger partial charge in [0.2, 0.25) is 0 Å². The Balaban J connectivity index is 1.47. The van der Waals surface area contributed by atoms with Gasteiger partial charge < -0.3 is 9.47 Å². The van der Waals surface area contributed by atoms with Crippen molar-refractivity contribution in [1.29, 1.82) is 0 Å². The first-order valence-electron chi connectivity index (χ1n) is 10.6. The Kier molecular flexibility index (Phi) is 4.70. The summed E-state index contributed by atoms with van der Waals surface area (Å²) in [5.74, 6) is 1.72. The van der Waals surface area contributed by atoms with E-state index in [0.717, 1.165) is 55.6 Å². The summed E-state index contributed by atoms with van der Waals surface area (Å²) in [6.07, 6.45) is 0. The van der Waals surface area contributed by atoms with Crippen LogP contribution >= 0.6 is 11.7 Å². The lowest BCUT2D eigenvalue weighted by Crippen LogP contribution is -1.87. The Morgan fingerprint density at radius 3 is 1.39 bits per heavy atom. The van der Waals surface area contributed by atoms with Crippen LogP contribution in [-0.4, -0.2) is 23.0 Å². The molecule has 0 radical (unpaired) electrons. The Hall–Kier alpha value is -3.96. The molecule has 0 spiro atoms. The first kappa shape index (κ1) is 19.7. The summed E-state index contributed by atoms with van der Waals surface area (Å²) < 4.78 is 20.0. The molecular formula is C28H20N2O2S. The third kappa shape index (κ3) is 3.38. The molecule has 0 amide bonds. The highest BCUT2D eigenvalue weighted by Gasteiger charge is 2.14. The van der Waals surface area contributed by atoms with Crippen LogP contribution < -0.4 is 9.47 Å². The zero-order chi connectivity index (χ0) is 22.4. The topological polar surface area (TPSA) is 44.2 Å². The van der Waals surface area contributed by atoms with Crippen molar-refractivity contribution in [3.05, 3.63) is 84.9 Å². The molecule has 4 nitrogen and oxygen atoms in total. The Bertz CT molecular complexity index is 1530. The second-order valence-corrected chi connectivity index (χ2v) is 8.51. The lowest BCUT2D eigenvalue weighted by Gasteiger charge is -2.10. The number of fused-ring (bicyclic) bond motifs is 3. The van der Waals surface area contributed by atoms with Crippen molar-refractivity contribution in [2.45, 2.75) is 0 Å². The van der Waals surface area contributed by atoms with Crippen LogP contribution in [0.2, 0.25) is 0 Å². The minimum Gasteiger partial charge on any atom is -0.497 e. The molecule has 0 aliphatic rings. The van der Waals surface area contributed by atoms with E-state index in [1.807, 2.05) is 12.1 Å². The number of methoxy groups -OCH3 is 2. The molecule has 0 unspecified atom stereocenters. The molecule has 5 heteroatoms. The number of hydrogen-bond acceptors (Lipinski definition) is 5. The normalized spacial score (nSPS) is 11.3. The van der Waals surface area contributed by atoms with Crippen molar-refractivity contribution in [2.24, 2.45) is 0 Å². The predicted octanol–water partition coefficient (Wildman–Crippen LogP) is 7.35. The zero-order valence-corrected chi connectivity index (χ0v) is 19.0. The Morgan fingerprint density at radius 1 is 0.515 bits per heavy atom. The predicted molar refractivity (Wildman–Crippen MR) is 136 cm³/mol. The van der Waals surface area contributed by atoms with Gasteiger partial charge >= 0.3 is 0 Å². The van der Waals surface area contributed by atoms with Gasteiger partial charge in [-0.3, -0.25) is 0 Å². The second-order valence-electron chi connectivity index (χ2n) is 7.98. The van der Waals surface area contributed by atoms with E-state index in [4.69, 9.17) is 9.47 Å². The first-order valence-corrected chi connectivity index (χ1v) is 11.4. The van der Waals surface area contributed by atoms with Crippen LogP contribution in [0.3, 0.4) is 0 Å². The van der Waals surface area contributed by atoms with Crippen molar-refractivity contribution in [1.82, 2.24) is 8.75 Å². The molecule has 6 rings (SSSR count). The molecule has 0 aliphatic heterocycles. The van der Waals surface area contributed by atoms with Gasteiger partial charge in [-0.25, -0.2) is 0 Å². The molecule has 6 aromatic rings. The summed E-state index contributed by atoms with van der Waals surface area (Å²) in [6, 6.07) is 29.5. The molecule has 0 aliphatic carbocycles. The third-order valence-corrected chi connectivity index (χ3v) is 6.66. The van der Waals surface area contributed by atoms with Gasteiger partial charge in [0.05, 0.1) is 25.9 Å². The van der Waals surface area contributed by atoms with E-state index in [9.17, 15) is 0 Å². The molecule has 0 saturated heterocycles. The molecule has 0 saturated carbocycles. The number of hydrogen-bond donors (Lipinski definition) is 0. The minimum atomic E-state index is 0.861. The molecule has 1 aromatic heterocycles. The molecule has 160 valence electrons. The van der Waals surface area contributed by atoms with Gasteiger partial charge in [-0.1, -0.05) is 48.5 Å². The SMILES string of the molecule is COc1ccc2cc(-c3ccc(-c4ccc5cc(OC)ccc5c4)c4nsnc34)ccc2c1. The van der Waals surface area contributed by atoms with E-state index in [0.29, 0.717) is 0 Å². The van der Waals surface area contributed by atoms with E-state index in [-0.39, 0.29) is 0 Å². The van der Waals surface area contributed by atoms with E-state index in [1.54, 1.807) is 14.2 Å². The van der Waals surface area contributed by atoms with Crippen LogP contribution in [0.15, 0.2) is 84.9 Å². The summed E-state index contributed by atoms with van der Waals surface area (Å²) in [6.45, 7) is 0. The van der Waals surface area contributed by atoms with E-state index in [1.165, 1.54) is 22.5 Å². The van der Waals surface area contributed by atoms with Crippen molar-refractivity contribution >= 4 is 44.3 Å². The highest BCUT2D eigenvalue weighted by molar-refractivity contribution is 7.00. The van der Waals surface area contributed by atoms with Crippen molar-refractivity contribution in [3.8, 4) is 33.8 Å². The van der Waals surface area contributed by atoms with Crippen molar-refractivity contribution in [3.63, 3.8) is 0 Å². The average molecular weight is 449 g/mol. The second kappa shape index (κ2) is 7.87. The molecule has 0 N–H and O–H groups in total. The van der Waals surface area contributed by atoms with Gasteiger partial charge in [-0.2, -0.15) is 8.75 Å². The number of benzene rings is 5. The molecular weight excluding hydrogens is 428 g/mol. The maximum atomic E-state index is 5.35. The number of nitrogens with zero attached hydrogens (tertiary/aromatic N) is 2. The summed E-state index contributed by atoms with van der Waals surface area (Å²) in [4.78, 5) is 0. The van der Waals surface area contributed by atoms with E-state index < -0.39 is 0 Å². The van der Waals surface area contributed by atoms with Crippen LogP contribution in [-0.2, 0) is 0 Å². The summed E-state index contributed by atoms with van der Waals surface area (Å²) in [5.41, 5.74) is 6.29. The number of rotatable bonds is 4. The van der Waals surface area contributed by atoms with Gasteiger partial charge in [0.1, 0.15) is 22.5 Å². The zero-order valence-electron chi connectivity index (χ0n) is 18.2. The monoisotopic (exact) mass is 448 g/mol. The van der Waals surface area contributed by atoms with Gasteiger partial charge in [0.25, 0.3) is 0 Å². The highest BCUT2D eigenvalue weighted by Crippen LogP contribution is 2.37. The van der Waals surface area contributed by atoms with Crippen LogP contribution in [0.5, 0.6) is 11.5 Å². The standard InChI is InChI=1S/C28H20N2O2S/c1-31-23-9-7-17-13-21(5-3-19(17)15-23)25-11-12-26(28-27(25)29-33-30-28)22-6-4-20-16-24(32-2)10-8-18(20)14-22/h3-16H,1-2H3. The van der Waals surface area contributed by atoms with Gasteiger partial charge in [0.15, 0.2) is 0 Å². The lowest BCUT2D eigenvalue weighted by atomic mass is 9.95. The first-order chi connectivity index (χ1) is 16.2. The van der Waals surface area contributed by atoms with E-state index in [2.05, 4.69) is 81.5 Å². The summed E-state index contributed by atoms with van der Waals surface area (Å²) in [5, 5.41) is 4.63. The van der Waals surface area contributed by atoms with E-state index >= 15 is 0 Å². The average Bonchev–Trinajstić information content (AvgIpc) is 3.37. The Labute approximate surface area is 195 Å². The minimum absolute atomic E-state index is 0.861. The smallest absolute Gasteiger partial charge is 0.119 e. The molecule has 5 aromatic carbocycles. The van der Waals surface area contributed by atoms with Crippen LogP contribution in [0.25, 0.3) is 54.8 Å². The fourth-order valence-corrected chi connectivity index (χ4v) is 4.94. The molecule has 1 heterocycles. The molecule has 0 atom stereocenters. The summed E-state index contributed by atoms with van der Waals surface area (Å²) >= 11 is 1.25. The molecule has 33 heavy (non-hydrogen) atoms. The number of aromatic nitrogens is 2. The molecule has 0 bridgehead atoms. The Morgan fingerprint density at radius 2 is 0.939 bits per heavy atom. The van der Waals surface area contributed by atoms with Gasteiger partial charge in [-0.15, -0.1) is 0 Å². The van der Waals surface area contributed by atoms with Crippen LogP contribution in [0.1, 0.15) is 0 Å². The molecule has 0 fully saturated rings. The van der Waals surface area contributed by atoms with Gasteiger partial charge in [0, 0.05) is 11.1 Å². The fourth-order valence-electron chi connectivity index (χ4n) is 4.37. The highest BCUT2D eigenvalue weighted by atomic mass is 32.1. The lowest BCUT2D eigenvalue weighted by molar-refractivity contribution is 0.415. The maximum Gasteiger partial charge on any atom is 0.119 e. The summed E-state index contributed by atoms with van der Waals surface area (Å²) in [7, 11) is 3.38. The largest absolute Gasteiger partial charge is 0.497 e. The van der Waals surface area contributed by atoms with Crippen molar-refractivity contribution in [2.75, 3.05) is 14.2 Å². The maximum absolute atomic E-state index is 5.35. The third-order valence-electron chi connectivity index (χ3n) is 6.13. The van der Waals surface area contributed by atoms with Crippen LogP contribution in [0, 0.1) is 0 Å². The van der Waals surface area contributed by atoms with Crippen LogP contribution in [0.4, 0.5) is 0 Å². The fraction of sp³-hybridized carbons (Fsp3) is 0.0714. The number of ether oxygens (including phenoxy) is 2. The van der Waals surface area contributed by atoms with Gasteiger partial charge in [-0.05, 0) is 69.1 Å². The van der Waals surface area contributed by atoms with Crippen molar-refractivity contribution < 1.29 is 9.47 Å².